The van der Waals surface area contributed by atoms with Crippen molar-refractivity contribution in [2.75, 3.05) is 6.61 Å². The highest BCUT2D eigenvalue weighted by atomic mass is 16.5. The number of carbonyl (C=O) groups is 1. The van der Waals surface area contributed by atoms with Crippen LogP contribution in [0.3, 0.4) is 0 Å². The zero-order chi connectivity index (χ0) is 10.4. The quantitative estimate of drug-likeness (QED) is 0.529. The van der Waals surface area contributed by atoms with E-state index in [-0.39, 0.29) is 0 Å². The van der Waals surface area contributed by atoms with Crippen LogP contribution in [0.1, 0.15) is 23.1 Å². The molecule has 0 amide bonds. The fraction of sp³-hybridized carbons (Fsp3) is 0.417. The molecule has 0 atom stereocenters. The second-order valence-corrected chi connectivity index (χ2v) is 3.57. The third kappa shape index (κ3) is 3.60. The number of rotatable bonds is 5. The summed E-state index contributed by atoms with van der Waals surface area (Å²) < 4.78 is 4.64. The van der Waals surface area contributed by atoms with Crippen molar-refractivity contribution in [2.45, 2.75) is 26.7 Å². The molecule has 0 bridgehead atoms. The first-order valence-corrected chi connectivity index (χ1v) is 4.85. The third-order valence-electron chi connectivity index (χ3n) is 2.08. The van der Waals surface area contributed by atoms with Crippen molar-refractivity contribution in [3.05, 3.63) is 34.9 Å². The van der Waals surface area contributed by atoms with Crippen molar-refractivity contribution in [2.24, 2.45) is 0 Å². The van der Waals surface area contributed by atoms with E-state index in [1.807, 2.05) is 0 Å². The van der Waals surface area contributed by atoms with Crippen LogP contribution in [0.25, 0.3) is 0 Å². The first-order valence-electron chi connectivity index (χ1n) is 4.85. The smallest absolute Gasteiger partial charge is 0.293 e. The molecule has 1 aromatic carbocycles. The molecule has 0 aromatic heterocycles. The van der Waals surface area contributed by atoms with Crippen molar-refractivity contribution in [3.63, 3.8) is 0 Å². The molecule has 0 aliphatic rings. The molecule has 0 heterocycles. The Morgan fingerprint density at radius 2 is 1.86 bits per heavy atom. The summed E-state index contributed by atoms with van der Waals surface area (Å²) in [5.41, 5.74) is 3.89. The van der Waals surface area contributed by atoms with E-state index in [9.17, 15) is 4.79 Å². The Bertz CT molecular complexity index is 285. The van der Waals surface area contributed by atoms with Crippen LogP contribution in [-0.4, -0.2) is 13.1 Å². The number of aryl methyl sites for hydroxylation is 3. The topological polar surface area (TPSA) is 26.3 Å². The van der Waals surface area contributed by atoms with E-state index in [1.54, 1.807) is 0 Å². The maximum Gasteiger partial charge on any atom is 0.293 e. The minimum absolute atomic E-state index is 0.501. The average molecular weight is 192 g/mol. The van der Waals surface area contributed by atoms with Gasteiger partial charge in [-0.15, -0.1) is 0 Å². The van der Waals surface area contributed by atoms with E-state index in [0.717, 1.165) is 12.8 Å². The van der Waals surface area contributed by atoms with Gasteiger partial charge in [0.15, 0.2) is 0 Å². The van der Waals surface area contributed by atoms with Gasteiger partial charge in [-0.05, 0) is 32.3 Å². The van der Waals surface area contributed by atoms with Gasteiger partial charge in [0.25, 0.3) is 6.47 Å². The summed E-state index contributed by atoms with van der Waals surface area (Å²) in [6, 6.07) is 6.51. The second-order valence-electron chi connectivity index (χ2n) is 3.57. The Morgan fingerprint density at radius 1 is 1.21 bits per heavy atom. The minimum atomic E-state index is 0.501. The fourth-order valence-corrected chi connectivity index (χ4v) is 1.62. The molecule has 14 heavy (non-hydrogen) atoms. The van der Waals surface area contributed by atoms with Crippen LogP contribution >= 0.6 is 0 Å². The van der Waals surface area contributed by atoms with Crippen LogP contribution in [0.4, 0.5) is 0 Å². The molecule has 1 rings (SSSR count). The number of ether oxygens (including phenoxy) is 1. The highest BCUT2D eigenvalue weighted by Crippen LogP contribution is 2.10. The summed E-state index contributed by atoms with van der Waals surface area (Å²) in [4.78, 5) is 9.90. The van der Waals surface area contributed by atoms with E-state index in [4.69, 9.17) is 0 Å². The summed E-state index contributed by atoms with van der Waals surface area (Å²) in [6.45, 7) is 5.20. The molecular weight excluding hydrogens is 176 g/mol. The summed E-state index contributed by atoms with van der Waals surface area (Å²) in [5.74, 6) is 0. The second kappa shape index (κ2) is 5.43. The molecule has 1 aromatic rings. The van der Waals surface area contributed by atoms with E-state index < -0.39 is 0 Å². The van der Waals surface area contributed by atoms with Crippen molar-refractivity contribution < 1.29 is 9.53 Å². The van der Waals surface area contributed by atoms with Gasteiger partial charge in [-0.3, -0.25) is 4.79 Å². The first-order chi connectivity index (χ1) is 6.72. The molecule has 0 fully saturated rings. The van der Waals surface area contributed by atoms with Crippen molar-refractivity contribution in [3.8, 4) is 0 Å². The van der Waals surface area contributed by atoms with Crippen LogP contribution in [-0.2, 0) is 16.0 Å². The standard InChI is InChI=1S/C12H16O2/c1-10-6-11(2)8-12(7-10)4-3-5-14-9-13/h6-9H,3-5H2,1-2H3. The molecule has 0 unspecified atom stereocenters. The van der Waals surface area contributed by atoms with Crippen LogP contribution in [0.5, 0.6) is 0 Å². The van der Waals surface area contributed by atoms with Gasteiger partial charge in [0.05, 0.1) is 6.61 Å². The predicted molar refractivity (Wildman–Crippen MR) is 56.3 cm³/mol. The van der Waals surface area contributed by atoms with E-state index in [1.165, 1.54) is 16.7 Å². The molecular formula is C12H16O2. The Labute approximate surface area is 84.9 Å². The molecule has 2 heteroatoms. The first kappa shape index (κ1) is 10.8. The lowest BCUT2D eigenvalue weighted by Crippen LogP contribution is -1.95. The lowest BCUT2D eigenvalue weighted by molar-refractivity contribution is -0.128. The lowest BCUT2D eigenvalue weighted by atomic mass is 10.0. The third-order valence-corrected chi connectivity index (χ3v) is 2.08. The Hall–Kier alpha value is -1.31. The summed E-state index contributed by atoms with van der Waals surface area (Å²) in [5, 5.41) is 0. The van der Waals surface area contributed by atoms with Crippen LogP contribution in [0.15, 0.2) is 18.2 Å². The predicted octanol–water partition coefficient (Wildman–Crippen LogP) is 2.41. The van der Waals surface area contributed by atoms with Crippen molar-refractivity contribution in [1.82, 2.24) is 0 Å². The van der Waals surface area contributed by atoms with Gasteiger partial charge >= 0.3 is 0 Å². The normalized spacial score (nSPS) is 9.86. The van der Waals surface area contributed by atoms with Crippen molar-refractivity contribution in [1.29, 1.82) is 0 Å². The van der Waals surface area contributed by atoms with Crippen molar-refractivity contribution >= 4 is 6.47 Å². The summed E-state index contributed by atoms with van der Waals surface area (Å²) >= 11 is 0. The minimum Gasteiger partial charge on any atom is -0.468 e. The maximum atomic E-state index is 9.90. The molecule has 0 spiro atoms. The highest BCUT2D eigenvalue weighted by Gasteiger charge is 1.96. The Balaban J connectivity index is 2.46. The molecule has 0 radical (unpaired) electrons. The number of hydrogen-bond donors (Lipinski definition) is 0. The van der Waals surface area contributed by atoms with Gasteiger partial charge in [-0.25, -0.2) is 0 Å². The number of benzene rings is 1. The SMILES string of the molecule is Cc1cc(C)cc(CCCOC=O)c1. The zero-order valence-corrected chi connectivity index (χ0v) is 8.75. The fourth-order valence-electron chi connectivity index (χ4n) is 1.62. The van der Waals surface area contributed by atoms with Crippen LogP contribution in [0, 0.1) is 13.8 Å². The maximum absolute atomic E-state index is 9.90. The highest BCUT2D eigenvalue weighted by molar-refractivity contribution is 5.36. The summed E-state index contributed by atoms with van der Waals surface area (Å²) in [7, 11) is 0. The van der Waals surface area contributed by atoms with Crippen LogP contribution < -0.4 is 0 Å². The van der Waals surface area contributed by atoms with Gasteiger partial charge in [0, 0.05) is 0 Å². The molecule has 2 nitrogen and oxygen atoms in total. The Morgan fingerprint density at radius 3 is 2.43 bits per heavy atom. The van der Waals surface area contributed by atoms with E-state index >= 15 is 0 Å². The molecule has 0 saturated carbocycles. The monoisotopic (exact) mass is 192 g/mol. The van der Waals surface area contributed by atoms with Crippen LogP contribution in [0.2, 0.25) is 0 Å². The molecule has 76 valence electrons. The van der Waals surface area contributed by atoms with Gasteiger partial charge in [0.1, 0.15) is 0 Å². The Kier molecular flexibility index (Phi) is 4.17. The zero-order valence-electron chi connectivity index (χ0n) is 8.75. The molecule has 0 saturated heterocycles. The summed E-state index contributed by atoms with van der Waals surface area (Å²) in [6.07, 6.45) is 1.86. The molecule has 0 N–H and O–H groups in total. The van der Waals surface area contributed by atoms with Gasteiger partial charge in [-0.1, -0.05) is 29.3 Å². The number of hydrogen-bond acceptors (Lipinski definition) is 2. The van der Waals surface area contributed by atoms with Gasteiger partial charge in [-0.2, -0.15) is 0 Å². The van der Waals surface area contributed by atoms with Gasteiger partial charge in [0.2, 0.25) is 0 Å². The molecule has 0 aliphatic carbocycles. The largest absolute Gasteiger partial charge is 0.468 e. The van der Waals surface area contributed by atoms with Gasteiger partial charge < -0.3 is 4.74 Å². The van der Waals surface area contributed by atoms with E-state index in [2.05, 4.69) is 36.8 Å². The van der Waals surface area contributed by atoms with E-state index in [0.29, 0.717) is 13.1 Å². The average Bonchev–Trinajstić information content (AvgIpc) is 2.11. The number of carbonyl (C=O) groups excluding carboxylic acids is 1. The molecule has 0 aliphatic heterocycles. The lowest BCUT2D eigenvalue weighted by Gasteiger charge is -2.04.